The molecule has 19 heavy (non-hydrogen) atoms. The van der Waals surface area contributed by atoms with Crippen LogP contribution in [0.25, 0.3) is 0 Å². The first kappa shape index (κ1) is 14.5. The van der Waals surface area contributed by atoms with E-state index in [1.807, 2.05) is 0 Å². The van der Waals surface area contributed by atoms with Crippen molar-refractivity contribution < 1.29 is 5.11 Å². The minimum Gasteiger partial charge on any atom is -0.393 e. The Morgan fingerprint density at radius 1 is 1.05 bits per heavy atom. The molecular weight excluding hydrogens is 234 g/mol. The number of hydrogen-bond acceptors (Lipinski definition) is 2. The van der Waals surface area contributed by atoms with Gasteiger partial charge in [-0.25, -0.2) is 0 Å². The summed E-state index contributed by atoms with van der Waals surface area (Å²) >= 11 is 0. The molecule has 1 aliphatic rings. The second kappa shape index (κ2) is 6.06. The van der Waals surface area contributed by atoms with Crippen LogP contribution in [-0.2, 0) is 6.42 Å². The highest BCUT2D eigenvalue weighted by atomic mass is 16.3. The second-order valence-electron chi connectivity index (χ2n) is 6.06. The van der Waals surface area contributed by atoms with Gasteiger partial charge in [-0.3, -0.25) is 0 Å². The van der Waals surface area contributed by atoms with Gasteiger partial charge in [0.15, 0.2) is 0 Å². The maximum absolute atomic E-state index is 9.55. The molecule has 0 radical (unpaired) electrons. The molecule has 2 nitrogen and oxygen atoms in total. The molecule has 1 saturated heterocycles. The highest BCUT2D eigenvalue weighted by molar-refractivity contribution is 5.44. The number of likely N-dealkylation sites (tertiary alicyclic amines) is 1. The van der Waals surface area contributed by atoms with Crippen molar-refractivity contribution in [3.63, 3.8) is 0 Å². The number of aryl methyl sites for hydroxylation is 2. The Hall–Kier alpha value is -0.860. The largest absolute Gasteiger partial charge is 0.393 e. The van der Waals surface area contributed by atoms with Crippen molar-refractivity contribution in [3.8, 4) is 0 Å². The summed E-state index contributed by atoms with van der Waals surface area (Å²) in [4.78, 5) is 2.49. The molecule has 1 fully saturated rings. The minimum atomic E-state index is -0.0686. The Bertz CT molecular complexity index is 419. The SMILES string of the molecule is Cc1cc(C)c(C)c(CCN2CCC(O)CC2)c1C. The molecule has 0 bridgehead atoms. The Morgan fingerprint density at radius 2 is 1.58 bits per heavy atom. The fraction of sp³-hybridized carbons (Fsp3) is 0.647. The molecule has 2 heteroatoms. The molecule has 0 unspecified atom stereocenters. The lowest BCUT2D eigenvalue weighted by atomic mass is 9.92. The Morgan fingerprint density at radius 3 is 2.11 bits per heavy atom. The molecule has 0 aromatic heterocycles. The molecule has 1 heterocycles. The van der Waals surface area contributed by atoms with Crippen molar-refractivity contribution in [1.82, 2.24) is 4.90 Å². The van der Waals surface area contributed by atoms with Gasteiger partial charge in [0.05, 0.1) is 6.10 Å². The highest BCUT2D eigenvalue weighted by Gasteiger charge is 2.17. The number of benzene rings is 1. The van der Waals surface area contributed by atoms with E-state index in [2.05, 4.69) is 38.7 Å². The van der Waals surface area contributed by atoms with E-state index in [0.717, 1.165) is 38.9 Å². The van der Waals surface area contributed by atoms with Crippen LogP contribution in [0.4, 0.5) is 0 Å². The van der Waals surface area contributed by atoms with Gasteiger partial charge in [0.1, 0.15) is 0 Å². The van der Waals surface area contributed by atoms with Crippen LogP contribution in [0.3, 0.4) is 0 Å². The molecule has 0 amide bonds. The van der Waals surface area contributed by atoms with Gasteiger partial charge in [0.25, 0.3) is 0 Å². The first-order valence-electron chi connectivity index (χ1n) is 7.45. The van der Waals surface area contributed by atoms with Crippen molar-refractivity contribution in [2.24, 2.45) is 0 Å². The highest BCUT2D eigenvalue weighted by Crippen LogP contribution is 2.22. The quantitative estimate of drug-likeness (QED) is 0.904. The monoisotopic (exact) mass is 261 g/mol. The number of hydrogen-bond donors (Lipinski definition) is 1. The van der Waals surface area contributed by atoms with E-state index in [1.54, 1.807) is 0 Å². The molecular formula is C17H27NO. The maximum Gasteiger partial charge on any atom is 0.0564 e. The first-order chi connectivity index (χ1) is 8.99. The van der Waals surface area contributed by atoms with Crippen LogP contribution < -0.4 is 0 Å². The van der Waals surface area contributed by atoms with Crippen LogP contribution in [-0.4, -0.2) is 35.7 Å². The zero-order chi connectivity index (χ0) is 14.0. The van der Waals surface area contributed by atoms with E-state index in [0.29, 0.717) is 0 Å². The summed E-state index contributed by atoms with van der Waals surface area (Å²) in [6.45, 7) is 12.1. The van der Waals surface area contributed by atoms with E-state index < -0.39 is 0 Å². The van der Waals surface area contributed by atoms with E-state index in [1.165, 1.54) is 27.8 Å². The average molecular weight is 261 g/mol. The fourth-order valence-corrected chi connectivity index (χ4v) is 3.09. The van der Waals surface area contributed by atoms with Crippen LogP contribution in [0.5, 0.6) is 0 Å². The molecule has 1 aromatic carbocycles. The van der Waals surface area contributed by atoms with E-state index in [9.17, 15) is 5.11 Å². The van der Waals surface area contributed by atoms with Gasteiger partial charge >= 0.3 is 0 Å². The van der Waals surface area contributed by atoms with Crippen molar-refractivity contribution in [2.45, 2.75) is 53.1 Å². The molecule has 1 aliphatic heterocycles. The normalized spacial score (nSPS) is 17.9. The van der Waals surface area contributed by atoms with Crippen LogP contribution in [0.1, 0.15) is 40.7 Å². The lowest BCUT2D eigenvalue weighted by Crippen LogP contribution is -2.37. The first-order valence-corrected chi connectivity index (χ1v) is 7.45. The Kier molecular flexibility index (Phi) is 4.64. The van der Waals surface area contributed by atoms with Crippen LogP contribution in [0.15, 0.2) is 6.07 Å². The predicted octanol–water partition coefficient (Wildman–Crippen LogP) is 2.92. The summed E-state index contributed by atoms with van der Waals surface area (Å²) in [5.41, 5.74) is 7.27. The maximum atomic E-state index is 9.55. The minimum absolute atomic E-state index is 0.0686. The lowest BCUT2D eigenvalue weighted by Gasteiger charge is -2.30. The van der Waals surface area contributed by atoms with Gasteiger partial charge in [-0.2, -0.15) is 0 Å². The van der Waals surface area contributed by atoms with Gasteiger partial charge in [0, 0.05) is 19.6 Å². The lowest BCUT2D eigenvalue weighted by molar-refractivity contribution is 0.0831. The van der Waals surface area contributed by atoms with E-state index >= 15 is 0 Å². The standard InChI is InChI=1S/C17H27NO/c1-12-11-13(2)15(4)17(14(12)3)7-10-18-8-5-16(19)6-9-18/h11,16,19H,5-10H2,1-4H3. The molecule has 2 rings (SSSR count). The van der Waals surface area contributed by atoms with Gasteiger partial charge in [-0.15, -0.1) is 0 Å². The fourth-order valence-electron chi connectivity index (χ4n) is 3.09. The third kappa shape index (κ3) is 3.37. The smallest absolute Gasteiger partial charge is 0.0564 e. The molecule has 0 saturated carbocycles. The summed E-state index contributed by atoms with van der Waals surface area (Å²) in [6, 6.07) is 2.30. The van der Waals surface area contributed by atoms with E-state index in [4.69, 9.17) is 0 Å². The summed E-state index contributed by atoms with van der Waals surface area (Å²) < 4.78 is 0. The molecule has 0 atom stereocenters. The number of aliphatic hydroxyl groups excluding tert-OH is 1. The van der Waals surface area contributed by atoms with Crippen molar-refractivity contribution in [2.75, 3.05) is 19.6 Å². The van der Waals surface area contributed by atoms with Gasteiger partial charge in [0.2, 0.25) is 0 Å². The number of aliphatic hydroxyl groups is 1. The number of rotatable bonds is 3. The van der Waals surface area contributed by atoms with Crippen LogP contribution in [0, 0.1) is 27.7 Å². The second-order valence-corrected chi connectivity index (χ2v) is 6.06. The van der Waals surface area contributed by atoms with Crippen LogP contribution >= 0.6 is 0 Å². The summed E-state index contributed by atoms with van der Waals surface area (Å²) in [5.74, 6) is 0. The van der Waals surface area contributed by atoms with Crippen LogP contribution in [0.2, 0.25) is 0 Å². The zero-order valence-electron chi connectivity index (χ0n) is 12.8. The van der Waals surface area contributed by atoms with Gasteiger partial charge < -0.3 is 10.0 Å². The van der Waals surface area contributed by atoms with Crippen molar-refractivity contribution >= 4 is 0 Å². The molecule has 0 aliphatic carbocycles. The molecule has 0 spiro atoms. The van der Waals surface area contributed by atoms with Crippen molar-refractivity contribution in [3.05, 3.63) is 33.9 Å². The van der Waals surface area contributed by atoms with Gasteiger partial charge in [-0.1, -0.05) is 6.07 Å². The van der Waals surface area contributed by atoms with Gasteiger partial charge in [-0.05, 0) is 74.8 Å². The summed E-state index contributed by atoms with van der Waals surface area (Å²) in [7, 11) is 0. The predicted molar refractivity (Wildman–Crippen MR) is 80.8 cm³/mol. The molecule has 106 valence electrons. The Labute approximate surface area is 117 Å². The topological polar surface area (TPSA) is 23.5 Å². The summed E-state index contributed by atoms with van der Waals surface area (Å²) in [6.07, 6.45) is 2.94. The Balaban J connectivity index is 2.03. The van der Waals surface area contributed by atoms with Crippen molar-refractivity contribution in [1.29, 1.82) is 0 Å². The molecule has 1 aromatic rings. The summed E-state index contributed by atoms with van der Waals surface area (Å²) in [5, 5.41) is 9.55. The zero-order valence-corrected chi connectivity index (χ0v) is 12.8. The number of piperidine rings is 1. The third-order valence-corrected chi connectivity index (χ3v) is 4.76. The third-order valence-electron chi connectivity index (χ3n) is 4.76. The van der Waals surface area contributed by atoms with E-state index in [-0.39, 0.29) is 6.10 Å². The molecule has 1 N–H and O–H groups in total. The number of nitrogens with zero attached hydrogens (tertiary/aromatic N) is 1. The average Bonchev–Trinajstić information content (AvgIpc) is 2.38.